The Morgan fingerprint density at radius 2 is 2.00 bits per heavy atom. The van der Waals surface area contributed by atoms with Crippen LogP contribution in [0.2, 0.25) is 0 Å². The molecule has 2 aromatic rings. The van der Waals surface area contributed by atoms with E-state index in [-0.39, 0.29) is 11.9 Å². The summed E-state index contributed by atoms with van der Waals surface area (Å²) >= 11 is 0. The van der Waals surface area contributed by atoms with Gasteiger partial charge in [0.15, 0.2) is 0 Å². The van der Waals surface area contributed by atoms with Crippen LogP contribution in [0.25, 0.3) is 0 Å². The van der Waals surface area contributed by atoms with E-state index in [4.69, 9.17) is 10.2 Å². The molecule has 0 spiro atoms. The fourth-order valence-electron chi connectivity index (χ4n) is 1.69. The van der Waals surface area contributed by atoms with Crippen molar-refractivity contribution in [2.75, 3.05) is 11.1 Å². The third-order valence-corrected chi connectivity index (χ3v) is 2.70. The van der Waals surface area contributed by atoms with E-state index >= 15 is 0 Å². The third-order valence-electron chi connectivity index (χ3n) is 2.70. The van der Waals surface area contributed by atoms with Crippen LogP contribution in [-0.2, 0) is 0 Å². The van der Waals surface area contributed by atoms with Crippen molar-refractivity contribution >= 4 is 17.6 Å². The lowest BCUT2D eigenvalue weighted by molar-refractivity contribution is 0.102. The number of nitrogens with one attached hydrogen (secondary N) is 1. The van der Waals surface area contributed by atoms with Crippen LogP contribution in [0.1, 0.15) is 27.2 Å². The summed E-state index contributed by atoms with van der Waals surface area (Å²) in [6.07, 6.45) is 1.48. The number of nitrogens with two attached hydrogens (primary N) is 1. The average Bonchev–Trinajstić information content (AvgIpc) is 2.69. The number of nitrogen functional groups attached to an aromatic ring is 1. The van der Waals surface area contributed by atoms with Gasteiger partial charge in [0.2, 0.25) is 0 Å². The van der Waals surface area contributed by atoms with E-state index in [1.807, 2.05) is 19.9 Å². The lowest BCUT2D eigenvalue weighted by Gasteiger charge is -2.08. The van der Waals surface area contributed by atoms with Gasteiger partial charge in [0.25, 0.3) is 5.91 Å². The molecule has 94 valence electrons. The Bertz CT molecular complexity index is 602. The molecule has 0 bridgehead atoms. The molecule has 0 radical (unpaired) electrons. The molecule has 0 fully saturated rings. The summed E-state index contributed by atoms with van der Waals surface area (Å²) in [6, 6.07) is 3.73. The first-order valence-electron chi connectivity index (χ1n) is 5.57. The quantitative estimate of drug-likeness (QED) is 0.796. The summed E-state index contributed by atoms with van der Waals surface area (Å²) in [6.45, 7) is 5.55. The molecule has 0 aliphatic carbocycles. The van der Waals surface area contributed by atoms with Gasteiger partial charge in [-0.15, -0.1) is 0 Å². The minimum absolute atomic E-state index is 0.191. The lowest BCUT2D eigenvalue weighted by Crippen LogP contribution is -2.14. The minimum Gasteiger partial charge on any atom is -0.432 e. The van der Waals surface area contributed by atoms with Gasteiger partial charge >= 0.3 is 6.01 Å². The zero-order chi connectivity index (χ0) is 13.3. The van der Waals surface area contributed by atoms with Gasteiger partial charge in [0.05, 0.1) is 5.69 Å². The second-order valence-corrected chi connectivity index (χ2v) is 4.27. The summed E-state index contributed by atoms with van der Waals surface area (Å²) in [4.78, 5) is 16.1. The molecule has 1 heterocycles. The monoisotopic (exact) mass is 245 g/mol. The summed E-state index contributed by atoms with van der Waals surface area (Å²) in [7, 11) is 0. The van der Waals surface area contributed by atoms with Crippen molar-refractivity contribution < 1.29 is 9.21 Å². The highest BCUT2D eigenvalue weighted by molar-refractivity contribution is 6.04. The van der Waals surface area contributed by atoms with Crippen molar-refractivity contribution in [1.82, 2.24) is 4.98 Å². The van der Waals surface area contributed by atoms with Crippen LogP contribution in [0.5, 0.6) is 0 Å². The summed E-state index contributed by atoms with van der Waals surface area (Å²) in [5.41, 5.74) is 9.45. The topological polar surface area (TPSA) is 81.2 Å². The van der Waals surface area contributed by atoms with Crippen molar-refractivity contribution in [3.8, 4) is 0 Å². The summed E-state index contributed by atoms with van der Waals surface area (Å²) in [5.74, 6) is -0.277. The number of oxazole rings is 1. The number of benzene rings is 1. The number of hydrogen-bond donors (Lipinski definition) is 2. The van der Waals surface area contributed by atoms with E-state index in [1.165, 1.54) is 6.26 Å². The van der Waals surface area contributed by atoms with E-state index in [0.717, 1.165) is 11.1 Å². The number of aryl methyl sites for hydroxylation is 3. The molecule has 0 atom stereocenters. The Hall–Kier alpha value is -2.30. The zero-order valence-electron chi connectivity index (χ0n) is 10.6. The van der Waals surface area contributed by atoms with Crippen LogP contribution < -0.4 is 11.1 Å². The van der Waals surface area contributed by atoms with E-state index in [9.17, 15) is 4.79 Å². The fourth-order valence-corrected chi connectivity index (χ4v) is 1.69. The molecule has 0 unspecified atom stereocenters. The van der Waals surface area contributed by atoms with Crippen LogP contribution in [0, 0.1) is 20.8 Å². The van der Waals surface area contributed by atoms with Crippen molar-refractivity contribution in [3.05, 3.63) is 40.8 Å². The molecule has 0 aliphatic rings. The number of aromatic nitrogens is 1. The van der Waals surface area contributed by atoms with Crippen molar-refractivity contribution in [3.63, 3.8) is 0 Å². The number of rotatable bonds is 2. The molecular weight excluding hydrogens is 230 g/mol. The van der Waals surface area contributed by atoms with Gasteiger partial charge in [0, 0.05) is 11.3 Å². The molecule has 3 N–H and O–H groups in total. The molecule has 0 saturated carbocycles. The number of carbonyl (C=O) groups excluding carboxylic acids is 1. The minimum atomic E-state index is -0.277. The molecule has 0 aliphatic heterocycles. The van der Waals surface area contributed by atoms with E-state index in [0.29, 0.717) is 16.9 Å². The SMILES string of the molecule is Cc1coc(NC(=O)c2cc(N)c(C)cc2C)n1. The van der Waals surface area contributed by atoms with Gasteiger partial charge in [-0.25, -0.2) is 0 Å². The normalized spacial score (nSPS) is 10.4. The van der Waals surface area contributed by atoms with Crippen molar-refractivity contribution in [2.45, 2.75) is 20.8 Å². The molecule has 5 heteroatoms. The second kappa shape index (κ2) is 4.52. The van der Waals surface area contributed by atoms with Crippen LogP contribution in [0.15, 0.2) is 22.8 Å². The predicted octanol–water partition coefficient (Wildman–Crippen LogP) is 2.43. The maximum absolute atomic E-state index is 12.0. The standard InChI is InChI=1S/C13H15N3O2/c1-7-4-8(2)11(14)5-10(7)12(17)16-13-15-9(3)6-18-13/h4-6H,14H2,1-3H3,(H,15,16,17). The number of nitrogens with zero attached hydrogens (tertiary/aromatic N) is 1. The van der Waals surface area contributed by atoms with Gasteiger partial charge in [-0.3, -0.25) is 10.1 Å². The maximum atomic E-state index is 12.0. The Morgan fingerprint density at radius 3 is 2.61 bits per heavy atom. The third kappa shape index (κ3) is 2.34. The molecule has 0 saturated heterocycles. The van der Waals surface area contributed by atoms with Crippen LogP contribution >= 0.6 is 0 Å². The zero-order valence-corrected chi connectivity index (χ0v) is 10.6. The maximum Gasteiger partial charge on any atom is 0.301 e. The lowest BCUT2D eigenvalue weighted by atomic mass is 10.0. The van der Waals surface area contributed by atoms with E-state index in [1.54, 1.807) is 13.0 Å². The van der Waals surface area contributed by atoms with E-state index < -0.39 is 0 Å². The number of hydrogen-bond acceptors (Lipinski definition) is 4. The molecule has 18 heavy (non-hydrogen) atoms. The Kier molecular flexibility index (Phi) is 3.06. The summed E-state index contributed by atoms with van der Waals surface area (Å²) in [5, 5.41) is 2.59. The molecule has 1 amide bonds. The van der Waals surface area contributed by atoms with Gasteiger partial charge in [-0.2, -0.15) is 4.98 Å². The second-order valence-electron chi connectivity index (χ2n) is 4.27. The van der Waals surface area contributed by atoms with Gasteiger partial charge in [-0.1, -0.05) is 6.07 Å². The smallest absolute Gasteiger partial charge is 0.301 e. The Balaban J connectivity index is 2.26. The molecule has 1 aromatic heterocycles. The van der Waals surface area contributed by atoms with Crippen LogP contribution in [-0.4, -0.2) is 10.9 Å². The van der Waals surface area contributed by atoms with E-state index in [2.05, 4.69) is 10.3 Å². The molecule has 2 rings (SSSR count). The number of carbonyl (C=O) groups is 1. The fraction of sp³-hybridized carbons (Fsp3) is 0.231. The number of anilines is 2. The van der Waals surface area contributed by atoms with Crippen molar-refractivity contribution in [2.24, 2.45) is 0 Å². The highest BCUT2D eigenvalue weighted by Gasteiger charge is 2.13. The van der Waals surface area contributed by atoms with Gasteiger partial charge in [-0.05, 0) is 38.0 Å². The largest absolute Gasteiger partial charge is 0.432 e. The first-order valence-corrected chi connectivity index (χ1v) is 5.57. The van der Waals surface area contributed by atoms with Crippen molar-refractivity contribution in [1.29, 1.82) is 0 Å². The summed E-state index contributed by atoms with van der Waals surface area (Å²) < 4.78 is 5.08. The van der Waals surface area contributed by atoms with Crippen LogP contribution in [0.3, 0.4) is 0 Å². The molecular formula is C13H15N3O2. The highest BCUT2D eigenvalue weighted by atomic mass is 16.4. The molecule has 1 aromatic carbocycles. The highest BCUT2D eigenvalue weighted by Crippen LogP contribution is 2.19. The van der Waals surface area contributed by atoms with Gasteiger partial charge in [0.1, 0.15) is 6.26 Å². The average molecular weight is 245 g/mol. The molecule has 5 nitrogen and oxygen atoms in total. The Morgan fingerprint density at radius 1 is 1.28 bits per heavy atom. The Labute approximate surface area is 105 Å². The first kappa shape index (κ1) is 12.2. The number of amides is 1. The van der Waals surface area contributed by atoms with Gasteiger partial charge < -0.3 is 10.2 Å². The first-order chi connectivity index (χ1) is 8.47. The van der Waals surface area contributed by atoms with Crippen LogP contribution in [0.4, 0.5) is 11.7 Å². The predicted molar refractivity (Wildman–Crippen MR) is 69.5 cm³/mol.